The van der Waals surface area contributed by atoms with Gasteiger partial charge in [0.15, 0.2) is 11.4 Å². The van der Waals surface area contributed by atoms with E-state index in [9.17, 15) is 9.90 Å². The number of aliphatic hydroxyl groups is 1. The van der Waals surface area contributed by atoms with E-state index in [4.69, 9.17) is 0 Å². The molecule has 0 bridgehead atoms. The lowest BCUT2D eigenvalue weighted by Gasteiger charge is -2.37. The Hall–Kier alpha value is -1.63. The average molecular weight is 371 g/mol. The standard InChI is InChI=1S/C24H36NO2/c1-4-25(3,5-2)20-14-8-13-19-23(26)24(27,21-15-9-6-10-16-21)22-17-11-7-12-18-22/h6,9-10,15-16,22,27H,4-5,7,11-13,17-20H2,1-3H3/q+1. The van der Waals surface area contributed by atoms with Crippen LogP contribution in [-0.4, -0.2) is 42.1 Å². The summed E-state index contributed by atoms with van der Waals surface area (Å²) >= 11 is 0. The van der Waals surface area contributed by atoms with Gasteiger partial charge >= 0.3 is 0 Å². The van der Waals surface area contributed by atoms with Crippen molar-refractivity contribution in [3.63, 3.8) is 0 Å². The lowest BCUT2D eigenvalue weighted by atomic mass is 9.70. The zero-order valence-corrected chi connectivity index (χ0v) is 17.3. The quantitative estimate of drug-likeness (QED) is 0.547. The van der Waals surface area contributed by atoms with E-state index >= 15 is 0 Å². The Bertz CT molecular complexity index is 648. The van der Waals surface area contributed by atoms with Gasteiger partial charge in [-0.3, -0.25) is 4.79 Å². The highest BCUT2D eigenvalue weighted by Gasteiger charge is 2.44. The molecule has 0 spiro atoms. The molecule has 1 aliphatic carbocycles. The van der Waals surface area contributed by atoms with Crippen LogP contribution < -0.4 is 0 Å². The maximum atomic E-state index is 13.1. The van der Waals surface area contributed by atoms with E-state index in [1.807, 2.05) is 30.3 Å². The predicted molar refractivity (Wildman–Crippen MR) is 111 cm³/mol. The van der Waals surface area contributed by atoms with Gasteiger partial charge in [-0.15, -0.1) is 0 Å². The minimum Gasteiger partial charge on any atom is -0.377 e. The van der Waals surface area contributed by atoms with Gasteiger partial charge in [-0.25, -0.2) is 0 Å². The normalized spacial score (nSPS) is 17.6. The topological polar surface area (TPSA) is 37.3 Å². The summed E-state index contributed by atoms with van der Waals surface area (Å²) in [6, 6.07) is 9.53. The van der Waals surface area contributed by atoms with Crippen molar-refractivity contribution in [2.45, 2.75) is 64.4 Å². The van der Waals surface area contributed by atoms with Crippen LogP contribution in [0.15, 0.2) is 30.3 Å². The fourth-order valence-corrected chi connectivity index (χ4v) is 3.99. The van der Waals surface area contributed by atoms with E-state index in [-0.39, 0.29) is 11.7 Å². The highest BCUT2D eigenvalue weighted by Crippen LogP contribution is 2.40. The van der Waals surface area contributed by atoms with Crippen molar-refractivity contribution in [2.24, 2.45) is 5.92 Å². The maximum absolute atomic E-state index is 13.1. The zero-order valence-electron chi connectivity index (χ0n) is 17.3. The SMILES string of the molecule is CC[N+](C)(CC)CC#CCCC(=O)C(O)(c1ccccc1)C1CCCCC1. The minimum absolute atomic E-state index is 0.0225. The molecule has 0 saturated heterocycles. The van der Waals surface area contributed by atoms with Crippen molar-refractivity contribution in [1.82, 2.24) is 0 Å². The van der Waals surface area contributed by atoms with Crippen LogP contribution in [0.1, 0.15) is 64.4 Å². The smallest absolute Gasteiger partial charge is 0.170 e. The number of nitrogens with zero attached hydrogens (tertiary/aromatic N) is 1. The molecule has 3 nitrogen and oxygen atoms in total. The molecule has 0 aromatic heterocycles. The Morgan fingerprint density at radius 3 is 2.33 bits per heavy atom. The van der Waals surface area contributed by atoms with Crippen molar-refractivity contribution >= 4 is 5.78 Å². The summed E-state index contributed by atoms with van der Waals surface area (Å²) in [6.45, 7) is 7.28. The molecule has 0 radical (unpaired) electrons. The average Bonchev–Trinajstić information content (AvgIpc) is 2.73. The van der Waals surface area contributed by atoms with Crippen molar-refractivity contribution in [3.05, 3.63) is 35.9 Å². The number of ketones is 1. The molecule has 1 saturated carbocycles. The number of benzene rings is 1. The second kappa shape index (κ2) is 10.1. The van der Waals surface area contributed by atoms with Gasteiger partial charge < -0.3 is 9.59 Å². The molecular formula is C24H36NO2+. The number of carbonyl (C=O) groups excluding carboxylic acids is 1. The molecule has 0 aliphatic heterocycles. The van der Waals surface area contributed by atoms with E-state index in [2.05, 4.69) is 32.7 Å². The Labute approximate surface area is 165 Å². The summed E-state index contributed by atoms with van der Waals surface area (Å²) in [4.78, 5) is 13.1. The molecule has 1 unspecified atom stereocenters. The molecule has 148 valence electrons. The van der Waals surface area contributed by atoms with Gasteiger partial charge in [0.1, 0.15) is 6.54 Å². The van der Waals surface area contributed by atoms with Crippen molar-refractivity contribution in [3.8, 4) is 11.8 Å². The number of rotatable bonds is 8. The molecular weight excluding hydrogens is 334 g/mol. The van der Waals surface area contributed by atoms with Crippen LogP contribution in [0.3, 0.4) is 0 Å². The predicted octanol–water partition coefficient (Wildman–Crippen LogP) is 4.29. The first-order valence-corrected chi connectivity index (χ1v) is 10.6. The van der Waals surface area contributed by atoms with Gasteiger partial charge in [0.05, 0.1) is 20.1 Å². The van der Waals surface area contributed by atoms with Crippen LogP contribution in [0, 0.1) is 17.8 Å². The van der Waals surface area contributed by atoms with Gasteiger partial charge in [-0.2, -0.15) is 0 Å². The van der Waals surface area contributed by atoms with E-state index in [1.165, 1.54) is 6.42 Å². The van der Waals surface area contributed by atoms with Crippen molar-refractivity contribution in [2.75, 3.05) is 26.7 Å². The Balaban J connectivity index is 2.07. The van der Waals surface area contributed by atoms with Gasteiger partial charge in [-0.1, -0.05) is 55.5 Å². The van der Waals surface area contributed by atoms with Crippen molar-refractivity contribution in [1.29, 1.82) is 0 Å². The summed E-state index contributed by atoms with van der Waals surface area (Å²) in [6.07, 6.45) is 6.07. The fourth-order valence-electron chi connectivity index (χ4n) is 3.99. The first-order chi connectivity index (χ1) is 13.0. The molecule has 1 N–H and O–H groups in total. The molecule has 1 atom stereocenters. The molecule has 1 aromatic rings. The number of quaternary nitrogens is 1. The Morgan fingerprint density at radius 1 is 1.11 bits per heavy atom. The number of Topliss-reactive ketones (excluding diaryl/α,β-unsaturated/α-hetero) is 1. The minimum atomic E-state index is -1.36. The van der Waals surface area contributed by atoms with Gasteiger partial charge in [-0.05, 0) is 44.1 Å². The molecule has 0 amide bonds. The summed E-state index contributed by atoms with van der Waals surface area (Å²) in [5.74, 6) is 6.36. The number of carbonyl (C=O) groups is 1. The lowest BCUT2D eigenvalue weighted by Crippen LogP contribution is -2.44. The third kappa shape index (κ3) is 5.43. The molecule has 27 heavy (non-hydrogen) atoms. The Morgan fingerprint density at radius 2 is 1.74 bits per heavy atom. The third-order valence-electron chi connectivity index (χ3n) is 6.42. The Kier molecular flexibility index (Phi) is 8.07. The monoisotopic (exact) mass is 370 g/mol. The second-order valence-electron chi connectivity index (χ2n) is 8.15. The van der Waals surface area contributed by atoms with E-state index in [1.54, 1.807) is 0 Å². The molecule has 1 aliphatic rings. The molecule has 1 aromatic carbocycles. The van der Waals surface area contributed by atoms with Crippen LogP contribution in [0.25, 0.3) is 0 Å². The van der Waals surface area contributed by atoms with Gasteiger partial charge in [0.2, 0.25) is 0 Å². The number of hydrogen-bond donors (Lipinski definition) is 1. The fraction of sp³-hybridized carbons (Fsp3) is 0.625. The van der Waals surface area contributed by atoms with E-state index < -0.39 is 5.60 Å². The summed E-state index contributed by atoms with van der Waals surface area (Å²) in [5.41, 5.74) is -0.614. The maximum Gasteiger partial charge on any atom is 0.170 e. The number of hydrogen-bond acceptors (Lipinski definition) is 2. The first-order valence-electron chi connectivity index (χ1n) is 10.6. The van der Waals surface area contributed by atoms with Crippen LogP contribution in [0.2, 0.25) is 0 Å². The third-order valence-corrected chi connectivity index (χ3v) is 6.42. The van der Waals surface area contributed by atoms with Crippen molar-refractivity contribution < 1.29 is 14.4 Å². The highest BCUT2D eigenvalue weighted by molar-refractivity contribution is 5.88. The summed E-state index contributed by atoms with van der Waals surface area (Å²) < 4.78 is 0.928. The van der Waals surface area contributed by atoms with E-state index in [0.29, 0.717) is 12.8 Å². The van der Waals surface area contributed by atoms with Crippen LogP contribution in [-0.2, 0) is 10.4 Å². The van der Waals surface area contributed by atoms with Crippen LogP contribution >= 0.6 is 0 Å². The van der Waals surface area contributed by atoms with Crippen LogP contribution in [0.4, 0.5) is 0 Å². The van der Waals surface area contributed by atoms with E-state index in [0.717, 1.165) is 55.4 Å². The molecule has 0 heterocycles. The first kappa shape index (κ1) is 21.7. The van der Waals surface area contributed by atoms with Gasteiger partial charge in [0, 0.05) is 12.8 Å². The highest BCUT2D eigenvalue weighted by atomic mass is 16.3. The largest absolute Gasteiger partial charge is 0.377 e. The summed E-state index contributed by atoms with van der Waals surface area (Å²) in [5, 5.41) is 11.5. The van der Waals surface area contributed by atoms with Crippen LogP contribution in [0.5, 0.6) is 0 Å². The summed E-state index contributed by atoms with van der Waals surface area (Å²) in [7, 11) is 2.21. The second-order valence-corrected chi connectivity index (χ2v) is 8.15. The lowest BCUT2D eigenvalue weighted by molar-refractivity contribution is -0.899. The molecule has 3 heteroatoms. The van der Waals surface area contributed by atoms with Gasteiger partial charge in [0.25, 0.3) is 0 Å². The zero-order chi connectivity index (χ0) is 19.8. The molecule has 2 rings (SSSR count). The molecule has 1 fully saturated rings.